The van der Waals surface area contributed by atoms with Gasteiger partial charge in [-0.05, 0) is 35.6 Å². The Labute approximate surface area is 237 Å². The number of likely N-dealkylation sites (tertiary alicyclic amines) is 1. The summed E-state index contributed by atoms with van der Waals surface area (Å²) in [7, 11) is 1.52. The lowest BCUT2D eigenvalue weighted by Crippen LogP contribution is -2.55. The first kappa shape index (κ1) is 27.8. The quantitative estimate of drug-likeness (QED) is 0.435. The number of thiazole rings is 1. The molecule has 2 N–H and O–H groups in total. The van der Waals surface area contributed by atoms with Crippen LogP contribution in [0.25, 0.3) is 10.4 Å². The predicted octanol–water partition coefficient (Wildman–Crippen LogP) is 3.39. The highest BCUT2D eigenvalue weighted by Crippen LogP contribution is 2.34. The summed E-state index contributed by atoms with van der Waals surface area (Å²) in [5.74, 6) is -0.663. The number of aliphatic hydroxyl groups is 1. The molecule has 2 aromatic carbocycles. The van der Waals surface area contributed by atoms with Crippen LogP contribution < -0.4 is 10.1 Å². The highest BCUT2D eigenvalue weighted by Gasteiger charge is 2.46. The van der Waals surface area contributed by atoms with Crippen LogP contribution in [0.1, 0.15) is 47.4 Å². The number of nitrogens with zero attached hydrogens (tertiary/aromatic N) is 3. The first-order chi connectivity index (χ1) is 19.2. The van der Waals surface area contributed by atoms with E-state index in [2.05, 4.69) is 10.3 Å². The molecule has 40 heavy (non-hydrogen) atoms. The Morgan fingerprint density at radius 1 is 1.20 bits per heavy atom. The number of nitrogens with one attached hydrogen (secondary N) is 1. The fourth-order valence-electron chi connectivity index (χ4n) is 5.66. The smallest absolute Gasteiger partial charge is 0.258 e. The monoisotopic (exact) mass is 562 g/mol. The summed E-state index contributed by atoms with van der Waals surface area (Å²) in [5.41, 5.74) is 6.06. The summed E-state index contributed by atoms with van der Waals surface area (Å²) in [6.45, 7) is 6.36. The fraction of sp³-hybridized carbons (Fsp3) is 0.400. The average Bonchev–Trinajstić information content (AvgIpc) is 3.64. The van der Waals surface area contributed by atoms with E-state index in [1.165, 1.54) is 12.0 Å². The van der Waals surface area contributed by atoms with Crippen LogP contribution in [0.4, 0.5) is 0 Å². The molecule has 0 bridgehead atoms. The molecule has 3 atom stereocenters. The number of rotatable bonds is 8. The summed E-state index contributed by atoms with van der Waals surface area (Å²) in [5, 5.41) is 13.4. The zero-order valence-corrected chi connectivity index (χ0v) is 23.9. The third-order valence-electron chi connectivity index (χ3n) is 7.66. The zero-order chi connectivity index (χ0) is 28.6. The van der Waals surface area contributed by atoms with Crippen molar-refractivity contribution in [2.75, 3.05) is 13.7 Å². The highest BCUT2D eigenvalue weighted by atomic mass is 32.1. The molecular weight excluding hydrogens is 528 g/mol. The first-order valence-corrected chi connectivity index (χ1v) is 14.3. The lowest BCUT2D eigenvalue weighted by molar-refractivity contribution is -0.143. The molecule has 3 aromatic rings. The van der Waals surface area contributed by atoms with Gasteiger partial charge in [-0.15, -0.1) is 11.3 Å². The molecule has 0 radical (unpaired) electrons. The molecule has 1 saturated heterocycles. The van der Waals surface area contributed by atoms with Gasteiger partial charge in [-0.2, -0.15) is 0 Å². The number of aliphatic hydroxyl groups excluding tert-OH is 1. The summed E-state index contributed by atoms with van der Waals surface area (Å²) in [6.07, 6.45) is -0.672. The first-order valence-electron chi connectivity index (χ1n) is 13.4. The molecule has 9 nitrogen and oxygen atoms in total. The molecule has 0 spiro atoms. The van der Waals surface area contributed by atoms with Crippen LogP contribution in [0.5, 0.6) is 5.75 Å². The molecule has 2 aliphatic rings. The topological polar surface area (TPSA) is 112 Å². The molecule has 10 heteroatoms. The maximum absolute atomic E-state index is 13.9. The number of methoxy groups -OCH3 is 1. The standard InChI is InChI=1S/C30H34N4O5S/c1-17(2)26(34-14-21-6-5-7-24(39-4)25(21)29(34)37)30(38)33-15-22(35)12-23(33)28(36)31-13-19-8-10-20(11-9-19)27-18(3)32-16-40-27/h5-11,16-17,22-23,26,35H,12-15H2,1-4H3,(H,31,36)/t22-,23+,26+/m1/s1. The maximum atomic E-state index is 13.9. The number of hydrogen-bond donors (Lipinski definition) is 2. The van der Waals surface area contributed by atoms with Crippen LogP contribution in [0.15, 0.2) is 48.0 Å². The van der Waals surface area contributed by atoms with Crippen LogP contribution in [-0.4, -0.2) is 69.5 Å². The van der Waals surface area contributed by atoms with Gasteiger partial charge in [-0.1, -0.05) is 50.2 Å². The normalized spacial score (nSPS) is 19.2. The van der Waals surface area contributed by atoms with Crippen molar-refractivity contribution in [1.29, 1.82) is 0 Å². The largest absolute Gasteiger partial charge is 0.496 e. The molecule has 3 amide bonds. The van der Waals surface area contributed by atoms with E-state index < -0.39 is 18.2 Å². The van der Waals surface area contributed by atoms with Crippen molar-refractivity contribution < 1.29 is 24.2 Å². The molecule has 5 rings (SSSR count). The van der Waals surface area contributed by atoms with Crippen LogP contribution in [-0.2, 0) is 22.7 Å². The predicted molar refractivity (Wildman–Crippen MR) is 152 cm³/mol. The lowest BCUT2D eigenvalue weighted by Gasteiger charge is -2.35. The van der Waals surface area contributed by atoms with Crippen molar-refractivity contribution in [3.05, 3.63) is 70.4 Å². The van der Waals surface area contributed by atoms with Gasteiger partial charge in [0.2, 0.25) is 11.8 Å². The third kappa shape index (κ3) is 5.21. The van der Waals surface area contributed by atoms with Gasteiger partial charge in [0.05, 0.1) is 34.9 Å². The SMILES string of the molecule is COc1cccc2c1C(=O)N([C@H](C(=O)N1C[C@H](O)C[C@H]1C(=O)NCc1ccc(-c3scnc3C)cc1)C(C)C)C2. The second kappa shape index (κ2) is 11.4. The zero-order valence-electron chi connectivity index (χ0n) is 23.1. The van der Waals surface area contributed by atoms with E-state index in [-0.39, 0.29) is 43.1 Å². The molecule has 3 heterocycles. The molecule has 210 valence electrons. The third-order valence-corrected chi connectivity index (χ3v) is 8.64. The van der Waals surface area contributed by atoms with Crippen molar-refractivity contribution in [2.45, 2.75) is 58.5 Å². The van der Waals surface area contributed by atoms with Gasteiger partial charge in [0.1, 0.15) is 17.8 Å². The average molecular weight is 563 g/mol. The Morgan fingerprint density at radius 2 is 1.95 bits per heavy atom. The summed E-state index contributed by atoms with van der Waals surface area (Å²) >= 11 is 1.59. The second-order valence-corrected chi connectivity index (χ2v) is 11.5. The molecule has 0 aliphatic carbocycles. The van der Waals surface area contributed by atoms with Gasteiger partial charge in [0, 0.05) is 26.1 Å². The van der Waals surface area contributed by atoms with Crippen molar-refractivity contribution in [1.82, 2.24) is 20.1 Å². The summed E-state index contributed by atoms with van der Waals surface area (Å²) in [6, 6.07) is 11.7. The number of ether oxygens (including phenoxy) is 1. The molecule has 0 saturated carbocycles. The Balaban J connectivity index is 1.29. The van der Waals surface area contributed by atoms with E-state index in [1.54, 1.807) is 22.3 Å². The minimum Gasteiger partial charge on any atom is -0.496 e. The van der Waals surface area contributed by atoms with E-state index >= 15 is 0 Å². The highest BCUT2D eigenvalue weighted by molar-refractivity contribution is 7.13. The van der Waals surface area contributed by atoms with Crippen molar-refractivity contribution >= 4 is 29.1 Å². The van der Waals surface area contributed by atoms with Gasteiger partial charge in [-0.3, -0.25) is 14.4 Å². The number of carbonyl (C=O) groups excluding carboxylic acids is 3. The Hall–Kier alpha value is -3.76. The molecule has 1 fully saturated rings. The van der Waals surface area contributed by atoms with Gasteiger partial charge in [-0.25, -0.2) is 4.98 Å². The number of aromatic nitrogens is 1. The Morgan fingerprint density at radius 3 is 2.60 bits per heavy atom. The van der Waals surface area contributed by atoms with E-state index in [4.69, 9.17) is 4.74 Å². The van der Waals surface area contributed by atoms with Crippen LogP contribution in [0.2, 0.25) is 0 Å². The summed E-state index contributed by atoms with van der Waals surface area (Å²) in [4.78, 5) is 49.1. The Bertz CT molecular complexity index is 1420. The van der Waals surface area contributed by atoms with Crippen LogP contribution >= 0.6 is 11.3 Å². The number of carbonyl (C=O) groups is 3. The van der Waals surface area contributed by atoms with E-state index in [0.29, 0.717) is 17.9 Å². The van der Waals surface area contributed by atoms with Gasteiger partial charge >= 0.3 is 0 Å². The number of fused-ring (bicyclic) bond motifs is 1. The molecule has 0 unspecified atom stereocenters. The lowest BCUT2D eigenvalue weighted by atomic mass is 10.00. The van der Waals surface area contributed by atoms with Crippen molar-refractivity contribution in [3.63, 3.8) is 0 Å². The fourth-order valence-corrected chi connectivity index (χ4v) is 6.47. The Kier molecular flexibility index (Phi) is 7.91. The number of β-amino-alcohol motifs (C(OH)–C–C–N with tert-alkyl or cyclic N) is 1. The second-order valence-electron chi connectivity index (χ2n) is 10.7. The van der Waals surface area contributed by atoms with E-state index in [1.807, 2.05) is 62.7 Å². The van der Waals surface area contributed by atoms with Gasteiger partial charge in [0.15, 0.2) is 0 Å². The van der Waals surface area contributed by atoms with Crippen LogP contribution in [0.3, 0.4) is 0 Å². The minimum atomic E-state index is -0.822. The summed E-state index contributed by atoms with van der Waals surface area (Å²) < 4.78 is 5.40. The number of hydrogen-bond acceptors (Lipinski definition) is 7. The van der Waals surface area contributed by atoms with Crippen molar-refractivity contribution in [3.8, 4) is 16.2 Å². The molecule has 1 aromatic heterocycles. The van der Waals surface area contributed by atoms with Crippen molar-refractivity contribution in [2.24, 2.45) is 5.92 Å². The number of aryl methyl sites for hydroxylation is 1. The number of amides is 3. The van der Waals surface area contributed by atoms with E-state index in [0.717, 1.165) is 27.3 Å². The number of benzene rings is 2. The van der Waals surface area contributed by atoms with Gasteiger partial charge < -0.3 is 25.0 Å². The molecule has 2 aliphatic heterocycles. The van der Waals surface area contributed by atoms with Gasteiger partial charge in [0.25, 0.3) is 5.91 Å². The molecular formula is C30H34N4O5S. The van der Waals surface area contributed by atoms with Crippen LogP contribution in [0, 0.1) is 12.8 Å². The minimum absolute atomic E-state index is 0.0430. The van der Waals surface area contributed by atoms with E-state index in [9.17, 15) is 19.5 Å². The maximum Gasteiger partial charge on any atom is 0.258 e.